The highest BCUT2D eigenvalue weighted by Gasteiger charge is 2.24. The maximum absolute atomic E-state index is 12.5. The summed E-state index contributed by atoms with van der Waals surface area (Å²) in [6.45, 7) is 3.89. The van der Waals surface area contributed by atoms with Crippen LogP contribution in [0.4, 0.5) is 5.69 Å². The zero-order valence-electron chi connectivity index (χ0n) is 11.7. The summed E-state index contributed by atoms with van der Waals surface area (Å²) >= 11 is 5.92. The van der Waals surface area contributed by atoms with Gasteiger partial charge in [0.15, 0.2) is 0 Å². The lowest BCUT2D eigenvalue weighted by molar-refractivity contribution is -0.385. The van der Waals surface area contributed by atoms with Gasteiger partial charge < -0.3 is 10.2 Å². The Balaban J connectivity index is 2.19. The third-order valence-electron chi connectivity index (χ3n) is 3.54. The van der Waals surface area contributed by atoms with Gasteiger partial charge in [0.25, 0.3) is 11.6 Å². The number of aromatic nitrogens is 1. The predicted octanol–water partition coefficient (Wildman–Crippen LogP) is 1.86. The zero-order valence-corrected chi connectivity index (χ0v) is 12.5. The molecule has 0 aliphatic carbocycles. The number of amides is 1. The number of hydrogen-bond acceptors (Lipinski definition) is 5. The Labute approximate surface area is 127 Å². The van der Waals surface area contributed by atoms with Gasteiger partial charge in [-0.05, 0) is 26.3 Å². The highest BCUT2D eigenvalue weighted by molar-refractivity contribution is 6.32. The number of carbonyl (C=O) groups is 1. The van der Waals surface area contributed by atoms with E-state index in [1.54, 1.807) is 4.90 Å². The van der Waals surface area contributed by atoms with Crippen molar-refractivity contribution in [2.24, 2.45) is 0 Å². The second kappa shape index (κ2) is 6.82. The molecule has 1 aliphatic heterocycles. The molecule has 2 heterocycles. The standard InChI is InChI=1S/C13H17ClN4O3/c1-2-17(8-9-4-3-5-15-9)13(19)11-6-10(18(20)21)7-16-12(11)14/h6-7,9,15H,2-5,8H2,1H3. The molecule has 1 N–H and O–H groups in total. The molecular weight excluding hydrogens is 296 g/mol. The van der Waals surface area contributed by atoms with E-state index in [4.69, 9.17) is 11.6 Å². The Morgan fingerprint density at radius 1 is 1.67 bits per heavy atom. The predicted molar refractivity (Wildman–Crippen MR) is 78.5 cm³/mol. The SMILES string of the molecule is CCN(CC1CCCN1)C(=O)c1cc([N+](=O)[O-])cnc1Cl. The summed E-state index contributed by atoms with van der Waals surface area (Å²) in [5.74, 6) is -0.326. The van der Waals surface area contributed by atoms with Crippen molar-refractivity contribution < 1.29 is 9.72 Å². The van der Waals surface area contributed by atoms with E-state index in [2.05, 4.69) is 10.3 Å². The van der Waals surface area contributed by atoms with Crippen LogP contribution in [0.15, 0.2) is 12.3 Å². The maximum Gasteiger partial charge on any atom is 0.288 e. The first-order valence-corrected chi connectivity index (χ1v) is 7.23. The molecule has 1 aliphatic rings. The third kappa shape index (κ3) is 3.68. The van der Waals surface area contributed by atoms with Crippen LogP contribution < -0.4 is 5.32 Å². The summed E-state index contributed by atoms with van der Waals surface area (Å²) in [4.78, 5) is 28.1. The Morgan fingerprint density at radius 2 is 2.43 bits per heavy atom. The minimum Gasteiger partial charge on any atom is -0.337 e. The van der Waals surface area contributed by atoms with E-state index in [1.807, 2.05) is 6.92 Å². The number of rotatable bonds is 5. The molecule has 0 radical (unpaired) electrons. The average Bonchev–Trinajstić information content (AvgIpc) is 2.97. The van der Waals surface area contributed by atoms with Gasteiger partial charge in [0.1, 0.15) is 11.3 Å². The highest BCUT2D eigenvalue weighted by Crippen LogP contribution is 2.21. The van der Waals surface area contributed by atoms with E-state index in [1.165, 1.54) is 6.07 Å². The number of carbonyl (C=O) groups excluding carboxylic acids is 1. The van der Waals surface area contributed by atoms with Crippen LogP contribution >= 0.6 is 11.6 Å². The largest absolute Gasteiger partial charge is 0.337 e. The number of pyridine rings is 1. The van der Waals surface area contributed by atoms with Crippen molar-refractivity contribution in [3.05, 3.63) is 33.1 Å². The minimum atomic E-state index is -0.588. The van der Waals surface area contributed by atoms with Crippen molar-refractivity contribution in [3.63, 3.8) is 0 Å². The first-order chi connectivity index (χ1) is 10.0. The topological polar surface area (TPSA) is 88.4 Å². The highest BCUT2D eigenvalue weighted by atomic mass is 35.5. The molecule has 0 aromatic carbocycles. The molecule has 1 atom stereocenters. The van der Waals surface area contributed by atoms with Gasteiger partial charge >= 0.3 is 0 Å². The molecule has 7 nitrogen and oxygen atoms in total. The molecule has 114 valence electrons. The lowest BCUT2D eigenvalue weighted by Gasteiger charge is -2.24. The van der Waals surface area contributed by atoms with Crippen molar-refractivity contribution in [2.75, 3.05) is 19.6 Å². The van der Waals surface area contributed by atoms with Crippen LogP contribution in [-0.4, -0.2) is 46.4 Å². The van der Waals surface area contributed by atoms with Crippen LogP contribution in [0.2, 0.25) is 5.15 Å². The molecule has 1 amide bonds. The first-order valence-electron chi connectivity index (χ1n) is 6.85. The van der Waals surface area contributed by atoms with E-state index in [0.29, 0.717) is 13.1 Å². The van der Waals surface area contributed by atoms with Crippen LogP contribution in [-0.2, 0) is 0 Å². The molecule has 2 rings (SSSR count). The molecule has 1 fully saturated rings. The quantitative estimate of drug-likeness (QED) is 0.509. The molecule has 8 heteroatoms. The van der Waals surface area contributed by atoms with Crippen molar-refractivity contribution in [1.82, 2.24) is 15.2 Å². The summed E-state index contributed by atoms with van der Waals surface area (Å²) in [7, 11) is 0. The Hall–Kier alpha value is -1.73. The van der Waals surface area contributed by atoms with E-state index in [-0.39, 0.29) is 28.4 Å². The molecule has 0 spiro atoms. The van der Waals surface area contributed by atoms with Gasteiger partial charge in [-0.3, -0.25) is 14.9 Å². The molecule has 0 bridgehead atoms. The number of nitrogens with zero attached hydrogens (tertiary/aromatic N) is 3. The fraction of sp³-hybridized carbons (Fsp3) is 0.538. The molecule has 0 saturated carbocycles. The van der Waals surface area contributed by atoms with Gasteiger partial charge in [-0.1, -0.05) is 11.6 Å². The molecular formula is C13H17ClN4O3. The van der Waals surface area contributed by atoms with E-state index >= 15 is 0 Å². The molecule has 21 heavy (non-hydrogen) atoms. The lowest BCUT2D eigenvalue weighted by Crippen LogP contribution is -2.41. The third-order valence-corrected chi connectivity index (χ3v) is 3.84. The summed E-state index contributed by atoms with van der Waals surface area (Å²) in [6, 6.07) is 1.45. The van der Waals surface area contributed by atoms with Crippen molar-refractivity contribution in [3.8, 4) is 0 Å². The fourth-order valence-corrected chi connectivity index (χ4v) is 2.58. The maximum atomic E-state index is 12.5. The molecule has 1 unspecified atom stereocenters. The normalized spacial score (nSPS) is 17.7. The zero-order chi connectivity index (χ0) is 15.4. The van der Waals surface area contributed by atoms with Crippen LogP contribution in [0.5, 0.6) is 0 Å². The molecule has 1 aromatic rings. The van der Waals surface area contributed by atoms with E-state index in [9.17, 15) is 14.9 Å². The smallest absolute Gasteiger partial charge is 0.288 e. The van der Waals surface area contributed by atoms with Gasteiger partial charge in [0.2, 0.25) is 0 Å². The number of nitrogens with one attached hydrogen (secondary N) is 1. The Bertz CT molecular complexity index is 546. The monoisotopic (exact) mass is 312 g/mol. The van der Waals surface area contributed by atoms with Crippen LogP contribution in [0.25, 0.3) is 0 Å². The summed E-state index contributed by atoms with van der Waals surface area (Å²) in [5, 5.41) is 14.1. The molecule has 1 saturated heterocycles. The molecule has 1 aromatic heterocycles. The second-order valence-corrected chi connectivity index (χ2v) is 5.28. The number of likely N-dealkylation sites (N-methyl/N-ethyl adjacent to an activating group) is 1. The van der Waals surface area contributed by atoms with Crippen LogP contribution in [0, 0.1) is 10.1 Å². The first kappa shape index (κ1) is 15.7. The van der Waals surface area contributed by atoms with E-state index < -0.39 is 4.92 Å². The van der Waals surface area contributed by atoms with Gasteiger partial charge in [-0.25, -0.2) is 4.98 Å². The average molecular weight is 313 g/mol. The van der Waals surface area contributed by atoms with Gasteiger partial charge in [0.05, 0.1) is 10.5 Å². The Morgan fingerprint density at radius 3 is 3.00 bits per heavy atom. The van der Waals surface area contributed by atoms with Crippen molar-refractivity contribution in [1.29, 1.82) is 0 Å². The van der Waals surface area contributed by atoms with Crippen molar-refractivity contribution in [2.45, 2.75) is 25.8 Å². The number of hydrogen-bond donors (Lipinski definition) is 1. The lowest BCUT2D eigenvalue weighted by atomic mass is 10.2. The summed E-state index contributed by atoms with van der Waals surface area (Å²) in [5.41, 5.74) is -0.163. The summed E-state index contributed by atoms with van der Waals surface area (Å²) in [6.07, 6.45) is 3.16. The Kier molecular flexibility index (Phi) is 5.08. The number of nitro groups is 1. The van der Waals surface area contributed by atoms with Gasteiger partial charge in [-0.15, -0.1) is 0 Å². The van der Waals surface area contributed by atoms with Crippen molar-refractivity contribution >= 4 is 23.2 Å². The van der Waals surface area contributed by atoms with Crippen LogP contribution in [0.1, 0.15) is 30.1 Å². The van der Waals surface area contributed by atoms with Gasteiger partial charge in [-0.2, -0.15) is 0 Å². The number of halogens is 1. The summed E-state index contributed by atoms with van der Waals surface area (Å²) < 4.78 is 0. The van der Waals surface area contributed by atoms with Crippen LogP contribution in [0.3, 0.4) is 0 Å². The van der Waals surface area contributed by atoms with E-state index in [0.717, 1.165) is 25.6 Å². The fourth-order valence-electron chi connectivity index (χ4n) is 2.39. The minimum absolute atomic E-state index is 0.0107. The van der Waals surface area contributed by atoms with Gasteiger partial charge in [0, 0.05) is 25.2 Å². The second-order valence-electron chi connectivity index (χ2n) is 4.93.